The maximum Gasteiger partial charge on any atom is 0.340 e. The highest BCUT2D eigenvalue weighted by atomic mass is 19.3. The normalized spacial score (nSPS) is 17.3. The van der Waals surface area contributed by atoms with E-state index in [4.69, 9.17) is 9.47 Å². The smallest absolute Gasteiger partial charge is 0.340 e. The fourth-order valence-electron chi connectivity index (χ4n) is 3.47. The molecule has 0 saturated carbocycles. The standard InChI is InChI=1S/C23H26F4N2O3/c1-15(28-16(2)30)17-3-7-20(8-4-17)32-21-11-12-29(13-21)18-5-9-19(10-6-18)31-14-23(26,27)22(24)25/h3-10,15,21-22H,11-14H2,1-2H3,(H,28,30)/t15-,21+/m0/s1. The molecular formula is C23H26F4N2O3. The highest BCUT2D eigenvalue weighted by molar-refractivity contribution is 5.73. The average Bonchev–Trinajstić information content (AvgIpc) is 3.21. The van der Waals surface area contributed by atoms with Crippen LogP contribution in [-0.2, 0) is 4.79 Å². The number of rotatable bonds is 9. The van der Waals surface area contributed by atoms with Crippen LogP contribution in [0.25, 0.3) is 0 Å². The van der Waals surface area contributed by atoms with Gasteiger partial charge in [-0.05, 0) is 48.9 Å². The SMILES string of the molecule is CC(=O)N[C@@H](C)c1ccc(O[C@@H]2CCN(c3ccc(OCC(F)(F)C(F)F)cc3)C2)cc1. The third-order valence-electron chi connectivity index (χ3n) is 5.20. The summed E-state index contributed by atoms with van der Waals surface area (Å²) in [6.45, 7) is 3.42. The summed E-state index contributed by atoms with van der Waals surface area (Å²) in [4.78, 5) is 13.3. The Kier molecular flexibility index (Phi) is 7.48. The number of anilines is 1. The minimum absolute atomic E-state index is 0.0192. The molecule has 1 saturated heterocycles. The van der Waals surface area contributed by atoms with Crippen LogP contribution in [0.5, 0.6) is 11.5 Å². The van der Waals surface area contributed by atoms with E-state index in [0.29, 0.717) is 6.54 Å². The summed E-state index contributed by atoms with van der Waals surface area (Å²) in [6.07, 6.45) is -2.97. The van der Waals surface area contributed by atoms with Crippen LogP contribution in [0.3, 0.4) is 0 Å². The van der Waals surface area contributed by atoms with Crippen molar-refractivity contribution < 1.29 is 31.8 Å². The number of carbonyl (C=O) groups is 1. The molecule has 1 aliphatic heterocycles. The number of amides is 1. The first kappa shape index (κ1) is 23.7. The van der Waals surface area contributed by atoms with Crippen molar-refractivity contribution in [1.82, 2.24) is 5.32 Å². The molecule has 3 rings (SSSR count). The first-order chi connectivity index (χ1) is 15.1. The highest BCUT2D eigenvalue weighted by Gasteiger charge is 2.41. The first-order valence-corrected chi connectivity index (χ1v) is 10.3. The van der Waals surface area contributed by atoms with Crippen LogP contribution in [0.4, 0.5) is 23.2 Å². The molecule has 1 fully saturated rings. The van der Waals surface area contributed by atoms with Crippen molar-refractivity contribution in [2.75, 3.05) is 24.6 Å². The Morgan fingerprint density at radius 1 is 1.12 bits per heavy atom. The minimum atomic E-state index is -4.18. The number of benzene rings is 2. The molecule has 1 aliphatic rings. The monoisotopic (exact) mass is 454 g/mol. The van der Waals surface area contributed by atoms with Crippen LogP contribution in [0.15, 0.2) is 48.5 Å². The van der Waals surface area contributed by atoms with Gasteiger partial charge < -0.3 is 19.7 Å². The summed E-state index contributed by atoms with van der Waals surface area (Å²) in [6, 6.07) is 13.9. The molecule has 0 unspecified atom stereocenters. The largest absolute Gasteiger partial charge is 0.489 e. The van der Waals surface area contributed by atoms with E-state index in [9.17, 15) is 22.4 Å². The van der Waals surface area contributed by atoms with Crippen molar-refractivity contribution in [2.45, 2.75) is 44.8 Å². The van der Waals surface area contributed by atoms with Gasteiger partial charge in [0.25, 0.3) is 0 Å². The van der Waals surface area contributed by atoms with Crippen LogP contribution in [-0.4, -0.2) is 44.1 Å². The number of alkyl halides is 4. The molecule has 1 amide bonds. The topological polar surface area (TPSA) is 50.8 Å². The van der Waals surface area contributed by atoms with Crippen molar-refractivity contribution in [1.29, 1.82) is 0 Å². The third-order valence-corrected chi connectivity index (χ3v) is 5.20. The van der Waals surface area contributed by atoms with Gasteiger partial charge >= 0.3 is 12.3 Å². The van der Waals surface area contributed by atoms with Crippen LogP contribution >= 0.6 is 0 Å². The lowest BCUT2D eigenvalue weighted by Crippen LogP contribution is -2.33. The quantitative estimate of drug-likeness (QED) is 0.552. The van der Waals surface area contributed by atoms with E-state index in [1.165, 1.54) is 19.1 Å². The first-order valence-electron chi connectivity index (χ1n) is 10.3. The lowest BCUT2D eigenvalue weighted by molar-refractivity contribution is -0.148. The van der Waals surface area contributed by atoms with E-state index >= 15 is 0 Å². The molecule has 0 aliphatic carbocycles. The van der Waals surface area contributed by atoms with Gasteiger partial charge in [-0.3, -0.25) is 4.79 Å². The van der Waals surface area contributed by atoms with Gasteiger partial charge in [0.05, 0.1) is 12.6 Å². The van der Waals surface area contributed by atoms with Gasteiger partial charge in [0.2, 0.25) is 5.91 Å². The van der Waals surface area contributed by atoms with Crippen molar-refractivity contribution >= 4 is 11.6 Å². The highest BCUT2D eigenvalue weighted by Crippen LogP contribution is 2.28. The van der Waals surface area contributed by atoms with E-state index in [2.05, 4.69) is 10.2 Å². The molecular weight excluding hydrogens is 428 g/mol. The summed E-state index contributed by atoms with van der Waals surface area (Å²) in [5.41, 5.74) is 1.85. The molecule has 0 bridgehead atoms. The summed E-state index contributed by atoms with van der Waals surface area (Å²) in [7, 11) is 0. The Labute approximate surface area is 184 Å². The third kappa shape index (κ3) is 6.27. The van der Waals surface area contributed by atoms with Gasteiger partial charge in [0.15, 0.2) is 6.61 Å². The number of hydrogen-bond donors (Lipinski definition) is 1. The molecule has 0 radical (unpaired) electrons. The number of hydrogen-bond acceptors (Lipinski definition) is 4. The number of carbonyl (C=O) groups excluding carboxylic acids is 1. The second-order valence-corrected chi connectivity index (χ2v) is 7.81. The average molecular weight is 454 g/mol. The van der Waals surface area contributed by atoms with Crippen LogP contribution < -0.4 is 19.7 Å². The summed E-state index contributed by atoms with van der Waals surface area (Å²) < 4.78 is 61.2. The summed E-state index contributed by atoms with van der Waals surface area (Å²) in [5.74, 6) is -3.43. The Morgan fingerprint density at radius 2 is 1.75 bits per heavy atom. The van der Waals surface area contributed by atoms with E-state index in [0.717, 1.165) is 30.0 Å². The van der Waals surface area contributed by atoms with Gasteiger partial charge in [-0.15, -0.1) is 0 Å². The number of halogens is 4. The van der Waals surface area contributed by atoms with Crippen LogP contribution in [0, 0.1) is 0 Å². The Hall–Kier alpha value is -2.97. The summed E-state index contributed by atoms with van der Waals surface area (Å²) >= 11 is 0. The lowest BCUT2D eigenvalue weighted by Gasteiger charge is -2.20. The van der Waals surface area contributed by atoms with Crippen molar-refractivity contribution in [3.8, 4) is 11.5 Å². The predicted octanol–water partition coefficient (Wildman–Crippen LogP) is 4.82. The molecule has 9 heteroatoms. The fourth-order valence-corrected chi connectivity index (χ4v) is 3.47. The maximum atomic E-state index is 13.0. The molecule has 32 heavy (non-hydrogen) atoms. The van der Waals surface area contributed by atoms with Crippen molar-refractivity contribution in [2.24, 2.45) is 0 Å². The maximum absolute atomic E-state index is 13.0. The zero-order chi connectivity index (χ0) is 23.3. The lowest BCUT2D eigenvalue weighted by atomic mass is 10.1. The van der Waals surface area contributed by atoms with E-state index < -0.39 is 19.0 Å². The van der Waals surface area contributed by atoms with Gasteiger partial charge in [-0.2, -0.15) is 8.78 Å². The Bertz CT molecular complexity index is 891. The zero-order valence-electron chi connectivity index (χ0n) is 17.9. The molecule has 1 heterocycles. The van der Waals surface area contributed by atoms with Crippen LogP contribution in [0.2, 0.25) is 0 Å². The van der Waals surface area contributed by atoms with Gasteiger partial charge in [-0.25, -0.2) is 8.78 Å². The van der Waals surface area contributed by atoms with Gasteiger partial charge in [0, 0.05) is 25.6 Å². The molecule has 5 nitrogen and oxygen atoms in total. The van der Waals surface area contributed by atoms with Crippen molar-refractivity contribution in [3.05, 3.63) is 54.1 Å². The van der Waals surface area contributed by atoms with Crippen molar-refractivity contribution in [3.63, 3.8) is 0 Å². The molecule has 0 aromatic heterocycles. The molecule has 1 N–H and O–H groups in total. The molecule has 2 aromatic rings. The minimum Gasteiger partial charge on any atom is -0.489 e. The second kappa shape index (κ2) is 10.1. The molecule has 174 valence electrons. The fraction of sp³-hybridized carbons (Fsp3) is 0.435. The predicted molar refractivity (Wildman–Crippen MR) is 113 cm³/mol. The zero-order valence-corrected chi connectivity index (χ0v) is 17.9. The van der Waals surface area contributed by atoms with E-state index in [-0.39, 0.29) is 23.8 Å². The summed E-state index contributed by atoms with van der Waals surface area (Å²) in [5, 5.41) is 2.83. The Morgan fingerprint density at radius 3 is 2.34 bits per heavy atom. The van der Waals surface area contributed by atoms with E-state index in [1.807, 2.05) is 31.2 Å². The van der Waals surface area contributed by atoms with Gasteiger partial charge in [0.1, 0.15) is 17.6 Å². The van der Waals surface area contributed by atoms with Crippen LogP contribution in [0.1, 0.15) is 31.9 Å². The number of nitrogens with zero attached hydrogens (tertiary/aromatic N) is 1. The molecule has 2 atom stereocenters. The number of nitrogens with one attached hydrogen (secondary N) is 1. The molecule has 2 aromatic carbocycles. The second-order valence-electron chi connectivity index (χ2n) is 7.81. The Balaban J connectivity index is 1.50. The van der Waals surface area contributed by atoms with E-state index in [1.54, 1.807) is 12.1 Å². The number of ether oxygens (including phenoxy) is 2. The van der Waals surface area contributed by atoms with Gasteiger partial charge in [-0.1, -0.05) is 12.1 Å². The molecule has 0 spiro atoms.